The molecular formula is C11H13BrClNO3. The zero-order valence-electron chi connectivity index (χ0n) is 9.41. The number of halogens is 2. The van der Waals surface area contributed by atoms with E-state index >= 15 is 0 Å². The third-order valence-corrected chi connectivity index (χ3v) is 2.58. The lowest BCUT2D eigenvalue weighted by molar-refractivity contribution is -0.143. The van der Waals surface area contributed by atoms with Crippen LogP contribution in [0.3, 0.4) is 0 Å². The molecule has 17 heavy (non-hydrogen) atoms. The van der Waals surface area contributed by atoms with Crippen LogP contribution in [-0.4, -0.2) is 24.2 Å². The van der Waals surface area contributed by atoms with Crippen LogP contribution in [0.2, 0.25) is 5.15 Å². The van der Waals surface area contributed by atoms with Crippen LogP contribution in [0.1, 0.15) is 19.8 Å². The molecule has 4 nitrogen and oxygen atoms in total. The summed E-state index contributed by atoms with van der Waals surface area (Å²) in [4.78, 5) is 15.0. The van der Waals surface area contributed by atoms with Crippen molar-refractivity contribution in [3.8, 4) is 5.75 Å². The zero-order valence-corrected chi connectivity index (χ0v) is 11.8. The SMILES string of the molecule is CCOC(=O)CCCOc1ccc(Br)nc1Cl. The van der Waals surface area contributed by atoms with Gasteiger partial charge in [0, 0.05) is 6.42 Å². The van der Waals surface area contributed by atoms with Crippen LogP contribution < -0.4 is 4.74 Å². The fourth-order valence-electron chi connectivity index (χ4n) is 1.14. The van der Waals surface area contributed by atoms with E-state index in [2.05, 4.69) is 20.9 Å². The summed E-state index contributed by atoms with van der Waals surface area (Å²) in [6.07, 6.45) is 0.931. The molecule has 1 heterocycles. The largest absolute Gasteiger partial charge is 0.490 e. The Balaban J connectivity index is 2.29. The summed E-state index contributed by atoms with van der Waals surface area (Å²) in [7, 11) is 0. The lowest BCUT2D eigenvalue weighted by Gasteiger charge is -2.07. The molecule has 0 aliphatic heterocycles. The molecule has 0 unspecified atom stereocenters. The van der Waals surface area contributed by atoms with Gasteiger partial charge < -0.3 is 9.47 Å². The molecule has 6 heteroatoms. The van der Waals surface area contributed by atoms with Gasteiger partial charge in [-0.15, -0.1) is 0 Å². The normalized spacial score (nSPS) is 10.1. The predicted octanol–water partition coefficient (Wildman–Crippen LogP) is 3.22. The van der Waals surface area contributed by atoms with E-state index in [9.17, 15) is 4.79 Å². The molecule has 0 saturated heterocycles. The minimum atomic E-state index is -0.212. The molecule has 94 valence electrons. The Morgan fingerprint density at radius 1 is 1.53 bits per heavy atom. The molecule has 1 rings (SSSR count). The molecule has 0 aliphatic rings. The van der Waals surface area contributed by atoms with Crippen LogP contribution in [0.15, 0.2) is 16.7 Å². The number of aromatic nitrogens is 1. The number of carbonyl (C=O) groups excluding carboxylic acids is 1. The van der Waals surface area contributed by atoms with Crippen molar-refractivity contribution in [2.24, 2.45) is 0 Å². The minimum absolute atomic E-state index is 0.212. The fourth-order valence-corrected chi connectivity index (χ4v) is 1.76. The van der Waals surface area contributed by atoms with Gasteiger partial charge in [0.25, 0.3) is 0 Å². The second-order valence-electron chi connectivity index (χ2n) is 3.18. The van der Waals surface area contributed by atoms with Gasteiger partial charge in [-0.2, -0.15) is 0 Å². The number of rotatable bonds is 6. The van der Waals surface area contributed by atoms with Crippen molar-refractivity contribution >= 4 is 33.5 Å². The molecule has 0 amide bonds. The van der Waals surface area contributed by atoms with Crippen molar-refractivity contribution in [3.05, 3.63) is 21.9 Å². The van der Waals surface area contributed by atoms with Crippen molar-refractivity contribution in [1.82, 2.24) is 4.98 Å². The second kappa shape index (κ2) is 7.50. The number of hydrogen-bond donors (Lipinski definition) is 0. The van der Waals surface area contributed by atoms with Gasteiger partial charge in [-0.05, 0) is 41.4 Å². The van der Waals surface area contributed by atoms with Gasteiger partial charge in [0.2, 0.25) is 0 Å². The molecule has 1 aromatic heterocycles. The average Bonchev–Trinajstić information content (AvgIpc) is 2.27. The maximum Gasteiger partial charge on any atom is 0.305 e. The monoisotopic (exact) mass is 321 g/mol. The van der Waals surface area contributed by atoms with Gasteiger partial charge in [-0.25, -0.2) is 4.98 Å². The van der Waals surface area contributed by atoms with Crippen LogP contribution in [0.4, 0.5) is 0 Å². The van der Waals surface area contributed by atoms with E-state index in [1.54, 1.807) is 19.1 Å². The number of carbonyl (C=O) groups is 1. The summed E-state index contributed by atoms with van der Waals surface area (Å²) in [6, 6.07) is 3.47. The third kappa shape index (κ3) is 5.37. The van der Waals surface area contributed by atoms with E-state index in [1.165, 1.54) is 0 Å². The van der Waals surface area contributed by atoms with Crippen LogP contribution in [0, 0.1) is 0 Å². The standard InChI is InChI=1S/C11H13BrClNO3/c1-2-16-10(15)4-3-7-17-8-5-6-9(12)14-11(8)13/h5-6H,2-4,7H2,1H3. The maximum absolute atomic E-state index is 11.0. The number of nitrogens with zero attached hydrogens (tertiary/aromatic N) is 1. The number of ether oxygens (including phenoxy) is 2. The Morgan fingerprint density at radius 2 is 2.29 bits per heavy atom. The van der Waals surface area contributed by atoms with Crippen LogP contribution in [0.5, 0.6) is 5.75 Å². The molecular weight excluding hydrogens is 309 g/mol. The molecule has 0 spiro atoms. The van der Waals surface area contributed by atoms with Crippen molar-refractivity contribution in [3.63, 3.8) is 0 Å². The lowest BCUT2D eigenvalue weighted by atomic mass is 10.3. The molecule has 0 radical (unpaired) electrons. The fraction of sp³-hybridized carbons (Fsp3) is 0.455. The summed E-state index contributed by atoms with van der Waals surface area (Å²) in [5, 5.41) is 0.301. The van der Waals surface area contributed by atoms with Crippen molar-refractivity contribution in [2.75, 3.05) is 13.2 Å². The highest BCUT2D eigenvalue weighted by molar-refractivity contribution is 9.10. The Bertz CT molecular complexity index is 387. The first kappa shape index (κ1) is 14.3. The molecule has 0 fully saturated rings. The third-order valence-electron chi connectivity index (χ3n) is 1.87. The molecule has 0 saturated carbocycles. The number of esters is 1. The maximum atomic E-state index is 11.0. The van der Waals surface area contributed by atoms with Gasteiger partial charge in [-0.1, -0.05) is 11.6 Å². The predicted molar refractivity (Wildman–Crippen MR) is 68.3 cm³/mol. The van der Waals surface area contributed by atoms with Gasteiger partial charge in [0.1, 0.15) is 4.60 Å². The minimum Gasteiger partial charge on any atom is -0.490 e. The Hall–Kier alpha value is -0.810. The van der Waals surface area contributed by atoms with Crippen molar-refractivity contribution in [2.45, 2.75) is 19.8 Å². The first-order chi connectivity index (χ1) is 8.13. The first-order valence-electron chi connectivity index (χ1n) is 5.24. The highest BCUT2D eigenvalue weighted by Crippen LogP contribution is 2.24. The van der Waals surface area contributed by atoms with Gasteiger partial charge in [0.05, 0.1) is 13.2 Å². The first-order valence-corrected chi connectivity index (χ1v) is 6.41. The molecule has 0 aromatic carbocycles. The van der Waals surface area contributed by atoms with E-state index in [0.29, 0.717) is 41.6 Å². The Morgan fingerprint density at radius 3 is 2.94 bits per heavy atom. The van der Waals surface area contributed by atoms with E-state index in [-0.39, 0.29) is 5.97 Å². The van der Waals surface area contributed by atoms with E-state index in [0.717, 1.165) is 0 Å². The summed E-state index contributed by atoms with van der Waals surface area (Å²) < 4.78 is 10.8. The molecule has 0 bridgehead atoms. The Kier molecular flexibility index (Phi) is 6.29. The van der Waals surface area contributed by atoms with E-state index < -0.39 is 0 Å². The van der Waals surface area contributed by atoms with Crippen LogP contribution in [0.25, 0.3) is 0 Å². The summed E-state index contributed by atoms with van der Waals surface area (Å²) in [5.74, 6) is 0.301. The molecule has 1 aromatic rings. The average molecular weight is 323 g/mol. The van der Waals surface area contributed by atoms with Crippen molar-refractivity contribution in [1.29, 1.82) is 0 Å². The quantitative estimate of drug-likeness (QED) is 0.458. The summed E-state index contributed by atoms with van der Waals surface area (Å²) >= 11 is 9.07. The van der Waals surface area contributed by atoms with Crippen LogP contribution >= 0.6 is 27.5 Å². The molecule has 0 aliphatic carbocycles. The van der Waals surface area contributed by atoms with E-state index in [4.69, 9.17) is 21.1 Å². The van der Waals surface area contributed by atoms with E-state index in [1.807, 2.05) is 0 Å². The summed E-state index contributed by atoms with van der Waals surface area (Å²) in [5.41, 5.74) is 0. The molecule has 0 N–H and O–H groups in total. The van der Waals surface area contributed by atoms with Crippen LogP contribution in [-0.2, 0) is 9.53 Å². The number of pyridine rings is 1. The highest BCUT2D eigenvalue weighted by atomic mass is 79.9. The van der Waals surface area contributed by atoms with Gasteiger partial charge in [-0.3, -0.25) is 4.79 Å². The van der Waals surface area contributed by atoms with Crippen molar-refractivity contribution < 1.29 is 14.3 Å². The zero-order chi connectivity index (χ0) is 12.7. The number of hydrogen-bond acceptors (Lipinski definition) is 4. The molecule has 0 atom stereocenters. The second-order valence-corrected chi connectivity index (χ2v) is 4.35. The van der Waals surface area contributed by atoms with Gasteiger partial charge in [0.15, 0.2) is 10.9 Å². The Labute approximate surface area is 113 Å². The summed E-state index contributed by atoms with van der Waals surface area (Å²) in [6.45, 7) is 2.59. The highest BCUT2D eigenvalue weighted by Gasteiger charge is 2.05. The smallest absolute Gasteiger partial charge is 0.305 e. The lowest BCUT2D eigenvalue weighted by Crippen LogP contribution is -2.07. The topological polar surface area (TPSA) is 48.4 Å². The van der Waals surface area contributed by atoms with Gasteiger partial charge >= 0.3 is 5.97 Å².